The molecule has 3 heteroatoms. The van der Waals surface area contributed by atoms with Gasteiger partial charge in [-0.1, -0.05) is 31.5 Å². The van der Waals surface area contributed by atoms with E-state index in [2.05, 4.69) is 29.5 Å². The number of aryl methyl sites for hydroxylation is 2. The fraction of sp³-hybridized carbons (Fsp3) is 0.294. The van der Waals surface area contributed by atoms with Gasteiger partial charge in [0.25, 0.3) is 0 Å². The molecule has 0 aromatic heterocycles. The minimum Gasteiger partial charge on any atom is -0.207 e. The number of hydrogen-bond donors (Lipinski definition) is 0. The maximum atomic E-state index is 14.0. The first-order chi connectivity index (χ1) is 9.61. The molecule has 2 aromatic rings. The van der Waals surface area contributed by atoms with E-state index in [9.17, 15) is 8.78 Å². The molecule has 0 atom stereocenters. The molecular formula is C17H17F2I. The van der Waals surface area contributed by atoms with Crippen molar-refractivity contribution in [2.24, 2.45) is 0 Å². The lowest BCUT2D eigenvalue weighted by molar-refractivity contribution is 0.592. The van der Waals surface area contributed by atoms with Crippen molar-refractivity contribution in [3.63, 3.8) is 0 Å². The Kier molecular flexibility index (Phi) is 5.52. The Bertz CT molecular complexity index is 573. The predicted octanol–water partition coefficient (Wildman–Crippen LogP) is 5.31. The molecule has 0 bridgehead atoms. The average molecular weight is 386 g/mol. The molecule has 0 nitrogen and oxygen atoms in total. The monoisotopic (exact) mass is 386 g/mol. The molecule has 106 valence electrons. The van der Waals surface area contributed by atoms with Gasteiger partial charge in [0.2, 0.25) is 0 Å². The van der Waals surface area contributed by atoms with Gasteiger partial charge in [-0.3, -0.25) is 0 Å². The Morgan fingerprint density at radius 2 is 1.75 bits per heavy atom. The summed E-state index contributed by atoms with van der Waals surface area (Å²) in [5.41, 5.74) is 2.35. The highest BCUT2D eigenvalue weighted by Gasteiger charge is 2.09. The van der Waals surface area contributed by atoms with Crippen LogP contribution in [0.15, 0.2) is 36.4 Å². The zero-order valence-electron chi connectivity index (χ0n) is 11.4. The van der Waals surface area contributed by atoms with Crippen molar-refractivity contribution in [3.05, 3.63) is 68.3 Å². The van der Waals surface area contributed by atoms with Gasteiger partial charge in [0.05, 0.1) is 0 Å². The van der Waals surface area contributed by atoms with E-state index in [1.54, 1.807) is 12.1 Å². The highest BCUT2D eigenvalue weighted by atomic mass is 127. The smallest absolute Gasteiger partial charge is 0.127 e. The lowest BCUT2D eigenvalue weighted by Gasteiger charge is -2.08. The lowest BCUT2D eigenvalue weighted by Crippen LogP contribution is -2.00. The highest BCUT2D eigenvalue weighted by molar-refractivity contribution is 14.1. The van der Waals surface area contributed by atoms with Gasteiger partial charge in [-0.2, -0.15) is 0 Å². The molecule has 0 heterocycles. The van der Waals surface area contributed by atoms with Crippen molar-refractivity contribution in [1.29, 1.82) is 0 Å². The van der Waals surface area contributed by atoms with Gasteiger partial charge in [0, 0.05) is 9.13 Å². The second kappa shape index (κ2) is 7.16. The number of hydrogen-bond acceptors (Lipinski definition) is 0. The van der Waals surface area contributed by atoms with Crippen LogP contribution in [-0.2, 0) is 19.3 Å². The summed E-state index contributed by atoms with van der Waals surface area (Å²) in [5.74, 6) is -0.387. The summed E-state index contributed by atoms with van der Waals surface area (Å²) in [5, 5.41) is 0. The van der Waals surface area contributed by atoms with Crippen LogP contribution in [0.1, 0.15) is 30.0 Å². The van der Waals surface area contributed by atoms with E-state index in [-0.39, 0.29) is 11.6 Å². The van der Waals surface area contributed by atoms with E-state index in [0.29, 0.717) is 24.0 Å². The molecule has 0 saturated heterocycles. The summed E-state index contributed by atoms with van der Waals surface area (Å²) in [6, 6.07) is 10.4. The third kappa shape index (κ3) is 3.78. The maximum absolute atomic E-state index is 14.0. The SMILES string of the molecule is CCCc1ccc(CCc2c(F)cccc2I)c(F)c1. The number of halogens is 3. The Morgan fingerprint density at radius 1 is 0.950 bits per heavy atom. The van der Waals surface area contributed by atoms with Crippen molar-refractivity contribution in [3.8, 4) is 0 Å². The summed E-state index contributed by atoms with van der Waals surface area (Å²) in [6.45, 7) is 2.08. The summed E-state index contributed by atoms with van der Waals surface area (Å²) in [4.78, 5) is 0. The van der Waals surface area contributed by atoms with Gasteiger partial charge in [-0.25, -0.2) is 8.78 Å². The van der Waals surface area contributed by atoms with Crippen LogP contribution < -0.4 is 0 Å². The first kappa shape index (κ1) is 15.4. The van der Waals surface area contributed by atoms with E-state index >= 15 is 0 Å². The third-order valence-corrected chi connectivity index (χ3v) is 4.37. The van der Waals surface area contributed by atoms with Gasteiger partial charge >= 0.3 is 0 Å². The van der Waals surface area contributed by atoms with Crippen LogP contribution in [0.5, 0.6) is 0 Å². The molecule has 0 saturated carbocycles. The molecule has 0 aliphatic heterocycles. The fourth-order valence-electron chi connectivity index (χ4n) is 2.27. The van der Waals surface area contributed by atoms with Crippen LogP contribution >= 0.6 is 22.6 Å². The predicted molar refractivity (Wildman–Crippen MR) is 86.9 cm³/mol. The second-order valence-electron chi connectivity index (χ2n) is 4.88. The van der Waals surface area contributed by atoms with Crippen LogP contribution in [0.4, 0.5) is 8.78 Å². The summed E-state index contributed by atoms with van der Waals surface area (Å²) in [6.07, 6.45) is 2.94. The molecule has 0 unspecified atom stereocenters. The highest BCUT2D eigenvalue weighted by Crippen LogP contribution is 2.20. The van der Waals surface area contributed by atoms with Crippen LogP contribution in [0.2, 0.25) is 0 Å². The van der Waals surface area contributed by atoms with E-state index in [0.717, 1.165) is 22.0 Å². The zero-order valence-corrected chi connectivity index (χ0v) is 13.6. The molecule has 0 aliphatic rings. The molecule has 0 spiro atoms. The standard InChI is InChI=1S/C17H17F2I/c1-2-4-12-7-8-13(16(19)11-12)9-10-14-15(18)5-3-6-17(14)20/h3,5-8,11H,2,4,9-10H2,1H3. The molecule has 0 fully saturated rings. The molecule has 2 rings (SSSR count). The van der Waals surface area contributed by atoms with Gasteiger partial charge in [-0.05, 0) is 71.2 Å². The minimum atomic E-state index is -0.208. The van der Waals surface area contributed by atoms with Crippen molar-refractivity contribution in [1.82, 2.24) is 0 Å². The van der Waals surface area contributed by atoms with Gasteiger partial charge in [-0.15, -0.1) is 0 Å². The zero-order chi connectivity index (χ0) is 14.5. The Morgan fingerprint density at radius 3 is 2.40 bits per heavy atom. The third-order valence-electron chi connectivity index (χ3n) is 3.36. The van der Waals surface area contributed by atoms with Crippen LogP contribution in [-0.4, -0.2) is 0 Å². The lowest BCUT2D eigenvalue weighted by atomic mass is 10.0. The molecule has 0 N–H and O–H groups in total. The van der Waals surface area contributed by atoms with Gasteiger partial charge in [0.15, 0.2) is 0 Å². The molecule has 0 amide bonds. The largest absolute Gasteiger partial charge is 0.207 e. The second-order valence-corrected chi connectivity index (χ2v) is 6.04. The molecular weight excluding hydrogens is 369 g/mol. The van der Waals surface area contributed by atoms with E-state index in [1.165, 1.54) is 6.07 Å². The van der Waals surface area contributed by atoms with Crippen LogP contribution in [0, 0.1) is 15.2 Å². The molecule has 20 heavy (non-hydrogen) atoms. The first-order valence-electron chi connectivity index (χ1n) is 6.82. The maximum Gasteiger partial charge on any atom is 0.127 e. The summed E-state index contributed by atoms with van der Waals surface area (Å²) >= 11 is 2.12. The minimum absolute atomic E-state index is 0.178. The average Bonchev–Trinajstić information content (AvgIpc) is 2.40. The Balaban J connectivity index is 2.11. The van der Waals surface area contributed by atoms with Crippen molar-refractivity contribution >= 4 is 22.6 Å². The normalized spacial score (nSPS) is 10.8. The molecule has 0 radical (unpaired) electrons. The van der Waals surface area contributed by atoms with Crippen molar-refractivity contribution in [2.45, 2.75) is 32.6 Å². The van der Waals surface area contributed by atoms with Crippen molar-refractivity contribution < 1.29 is 8.78 Å². The molecule has 0 aliphatic carbocycles. The van der Waals surface area contributed by atoms with E-state index in [4.69, 9.17) is 0 Å². The fourth-order valence-corrected chi connectivity index (χ4v) is 3.00. The first-order valence-corrected chi connectivity index (χ1v) is 7.90. The van der Waals surface area contributed by atoms with Gasteiger partial charge < -0.3 is 0 Å². The quantitative estimate of drug-likeness (QED) is 0.612. The molecule has 2 aromatic carbocycles. The van der Waals surface area contributed by atoms with E-state index < -0.39 is 0 Å². The van der Waals surface area contributed by atoms with Crippen molar-refractivity contribution in [2.75, 3.05) is 0 Å². The van der Waals surface area contributed by atoms with Crippen LogP contribution in [0.25, 0.3) is 0 Å². The Labute approximate surface area is 132 Å². The number of benzene rings is 2. The van der Waals surface area contributed by atoms with Crippen LogP contribution in [0.3, 0.4) is 0 Å². The van der Waals surface area contributed by atoms with Gasteiger partial charge in [0.1, 0.15) is 11.6 Å². The topological polar surface area (TPSA) is 0 Å². The summed E-state index contributed by atoms with van der Waals surface area (Å²) < 4.78 is 28.6. The Hall–Kier alpha value is -0.970. The van der Waals surface area contributed by atoms with E-state index in [1.807, 2.05) is 18.2 Å². The number of rotatable bonds is 5. The summed E-state index contributed by atoms with van der Waals surface area (Å²) in [7, 11) is 0.